The zero-order valence-corrected chi connectivity index (χ0v) is 9.00. The number of allylic oxidation sites excluding steroid dienone is 5. The SMILES string of the molecule is C=CCCCC1=C(CC)N=CC=CC1. The third-order valence-electron chi connectivity index (χ3n) is 2.45. The van der Waals surface area contributed by atoms with Crippen molar-refractivity contribution in [1.29, 1.82) is 0 Å². The van der Waals surface area contributed by atoms with Crippen molar-refractivity contribution in [3.05, 3.63) is 36.1 Å². The Bertz CT molecular complexity index is 269. The molecule has 0 radical (unpaired) electrons. The van der Waals surface area contributed by atoms with Crippen molar-refractivity contribution in [3.63, 3.8) is 0 Å². The molecule has 0 N–H and O–H groups in total. The lowest BCUT2D eigenvalue weighted by Gasteiger charge is -2.07. The van der Waals surface area contributed by atoms with Crippen LogP contribution in [0, 0.1) is 0 Å². The van der Waals surface area contributed by atoms with Gasteiger partial charge >= 0.3 is 0 Å². The molecular formula is C13H19N. The van der Waals surface area contributed by atoms with Gasteiger partial charge in [-0.2, -0.15) is 0 Å². The first-order chi connectivity index (χ1) is 6.88. The molecule has 0 bridgehead atoms. The summed E-state index contributed by atoms with van der Waals surface area (Å²) in [5.41, 5.74) is 2.78. The van der Waals surface area contributed by atoms with Gasteiger partial charge in [0.15, 0.2) is 0 Å². The van der Waals surface area contributed by atoms with Gasteiger partial charge in [-0.15, -0.1) is 6.58 Å². The zero-order valence-electron chi connectivity index (χ0n) is 9.00. The minimum Gasteiger partial charge on any atom is -0.261 e. The first kappa shape index (κ1) is 11.0. The van der Waals surface area contributed by atoms with Crippen LogP contribution in [0.15, 0.2) is 41.1 Å². The molecule has 1 aliphatic heterocycles. The van der Waals surface area contributed by atoms with Gasteiger partial charge in [-0.25, -0.2) is 0 Å². The predicted molar refractivity (Wildman–Crippen MR) is 63.6 cm³/mol. The van der Waals surface area contributed by atoms with Gasteiger partial charge in [0.25, 0.3) is 0 Å². The van der Waals surface area contributed by atoms with Crippen LogP contribution >= 0.6 is 0 Å². The molecule has 1 nitrogen and oxygen atoms in total. The van der Waals surface area contributed by atoms with Crippen molar-refractivity contribution < 1.29 is 0 Å². The predicted octanol–water partition coefficient (Wildman–Crippen LogP) is 4.04. The standard InChI is InChI=1S/C13H19N/c1-3-5-6-9-12-10-7-8-11-14-13(12)4-2/h3,7-8,11H,1,4-6,9-10H2,2H3. The van der Waals surface area contributed by atoms with Crippen LogP contribution in [0.25, 0.3) is 0 Å². The summed E-state index contributed by atoms with van der Waals surface area (Å²) in [6, 6.07) is 0. The van der Waals surface area contributed by atoms with Gasteiger partial charge in [0.1, 0.15) is 0 Å². The first-order valence-corrected chi connectivity index (χ1v) is 5.39. The Balaban J connectivity index is 2.60. The molecule has 0 aromatic heterocycles. The van der Waals surface area contributed by atoms with Gasteiger partial charge in [-0.3, -0.25) is 4.99 Å². The molecule has 0 atom stereocenters. The van der Waals surface area contributed by atoms with E-state index in [9.17, 15) is 0 Å². The number of unbranched alkanes of at least 4 members (excludes halogenated alkanes) is 1. The molecule has 1 aliphatic rings. The highest BCUT2D eigenvalue weighted by atomic mass is 14.7. The Labute approximate surface area is 86.9 Å². The van der Waals surface area contributed by atoms with E-state index in [-0.39, 0.29) is 0 Å². The van der Waals surface area contributed by atoms with Gasteiger partial charge in [0, 0.05) is 11.9 Å². The maximum Gasteiger partial charge on any atom is 0.0395 e. The maximum absolute atomic E-state index is 4.44. The maximum atomic E-state index is 4.44. The Kier molecular flexibility index (Phi) is 4.98. The topological polar surface area (TPSA) is 12.4 Å². The van der Waals surface area contributed by atoms with Crippen molar-refractivity contribution in [3.8, 4) is 0 Å². The average Bonchev–Trinajstić information content (AvgIpc) is 2.43. The Morgan fingerprint density at radius 2 is 2.43 bits per heavy atom. The second-order valence-electron chi connectivity index (χ2n) is 3.50. The molecule has 0 aromatic carbocycles. The molecule has 0 saturated heterocycles. The van der Waals surface area contributed by atoms with E-state index in [0.29, 0.717) is 0 Å². The molecule has 0 amide bonds. The van der Waals surface area contributed by atoms with Crippen molar-refractivity contribution >= 4 is 6.21 Å². The fourth-order valence-electron chi connectivity index (χ4n) is 1.66. The molecule has 1 heteroatoms. The normalized spacial score (nSPS) is 15.8. The monoisotopic (exact) mass is 189 g/mol. The van der Waals surface area contributed by atoms with Gasteiger partial charge in [-0.1, -0.05) is 19.1 Å². The molecule has 14 heavy (non-hydrogen) atoms. The molecule has 1 rings (SSSR count). The van der Waals surface area contributed by atoms with Crippen LogP contribution in [-0.4, -0.2) is 6.21 Å². The minimum atomic E-state index is 1.04. The van der Waals surface area contributed by atoms with E-state index in [0.717, 1.165) is 25.7 Å². The third kappa shape index (κ3) is 3.33. The van der Waals surface area contributed by atoms with E-state index in [1.54, 1.807) is 0 Å². The van der Waals surface area contributed by atoms with E-state index >= 15 is 0 Å². The quantitative estimate of drug-likeness (QED) is 0.457. The van der Waals surface area contributed by atoms with Crippen LogP contribution in [-0.2, 0) is 0 Å². The lowest BCUT2D eigenvalue weighted by Crippen LogP contribution is -1.88. The molecule has 76 valence electrons. The molecule has 0 unspecified atom stereocenters. The summed E-state index contributed by atoms with van der Waals surface area (Å²) in [5, 5.41) is 0. The Hall–Kier alpha value is -1.11. The molecule has 0 aromatic rings. The van der Waals surface area contributed by atoms with Crippen molar-refractivity contribution in [2.75, 3.05) is 0 Å². The second kappa shape index (κ2) is 6.36. The lowest BCUT2D eigenvalue weighted by atomic mass is 10.0. The average molecular weight is 189 g/mol. The van der Waals surface area contributed by atoms with Crippen LogP contribution in [0.2, 0.25) is 0 Å². The van der Waals surface area contributed by atoms with Gasteiger partial charge in [-0.05, 0) is 43.8 Å². The smallest absolute Gasteiger partial charge is 0.0395 e. The van der Waals surface area contributed by atoms with Crippen molar-refractivity contribution in [2.45, 2.75) is 39.0 Å². The fraction of sp³-hybridized carbons (Fsp3) is 0.462. The van der Waals surface area contributed by atoms with Gasteiger partial charge in [0.05, 0.1) is 0 Å². The number of hydrogen-bond donors (Lipinski definition) is 0. The third-order valence-corrected chi connectivity index (χ3v) is 2.45. The van der Waals surface area contributed by atoms with E-state index < -0.39 is 0 Å². The second-order valence-corrected chi connectivity index (χ2v) is 3.50. The largest absolute Gasteiger partial charge is 0.261 e. The Morgan fingerprint density at radius 1 is 1.57 bits per heavy atom. The van der Waals surface area contributed by atoms with E-state index in [4.69, 9.17) is 0 Å². The van der Waals surface area contributed by atoms with Gasteiger partial charge < -0.3 is 0 Å². The Morgan fingerprint density at radius 3 is 3.14 bits per heavy atom. The highest BCUT2D eigenvalue weighted by Gasteiger charge is 2.03. The molecule has 0 fully saturated rings. The molecular weight excluding hydrogens is 170 g/mol. The summed E-state index contributed by atoms with van der Waals surface area (Å²) in [6.07, 6.45) is 13.7. The van der Waals surface area contributed by atoms with E-state index in [1.807, 2.05) is 18.4 Å². The van der Waals surface area contributed by atoms with Gasteiger partial charge in [0.2, 0.25) is 0 Å². The summed E-state index contributed by atoms with van der Waals surface area (Å²) in [6.45, 7) is 5.91. The molecule has 0 saturated carbocycles. The van der Waals surface area contributed by atoms with Crippen LogP contribution < -0.4 is 0 Å². The van der Waals surface area contributed by atoms with Crippen molar-refractivity contribution in [1.82, 2.24) is 0 Å². The highest BCUT2D eigenvalue weighted by Crippen LogP contribution is 2.21. The van der Waals surface area contributed by atoms with Crippen LogP contribution in [0.4, 0.5) is 0 Å². The summed E-state index contributed by atoms with van der Waals surface area (Å²) in [5.74, 6) is 0. The number of rotatable bonds is 5. The number of nitrogens with zero attached hydrogens (tertiary/aromatic N) is 1. The fourth-order valence-corrected chi connectivity index (χ4v) is 1.66. The summed E-state index contributed by atoms with van der Waals surface area (Å²) in [4.78, 5) is 4.44. The summed E-state index contributed by atoms with van der Waals surface area (Å²) >= 11 is 0. The van der Waals surface area contributed by atoms with E-state index in [1.165, 1.54) is 17.7 Å². The van der Waals surface area contributed by atoms with Crippen molar-refractivity contribution in [2.24, 2.45) is 4.99 Å². The number of hydrogen-bond acceptors (Lipinski definition) is 1. The van der Waals surface area contributed by atoms with Crippen LogP contribution in [0.3, 0.4) is 0 Å². The zero-order chi connectivity index (χ0) is 10.2. The molecule has 0 spiro atoms. The minimum absolute atomic E-state index is 1.04. The van der Waals surface area contributed by atoms with Crippen LogP contribution in [0.5, 0.6) is 0 Å². The highest BCUT2D eigenvalue weighted by molar-refractivity contribution is 5.73. The summed E-state index contributed by atoms with van der Waals surface area (Å²) in [7, 11) is 0. The van der Waals surface area contributed by atoms with Crippen LogP contribution in [0.1, 0.15) is 39.0 Å². The number of aliphatic imine (C=N–C) groups is 1. The molecule has 1 heterocycles. The lowest BCUT2D eigenvalue weighted by molar-refractivity contribution is 0.796. The summed E-state index contributed by atoms with van der Waals surface area (Å²) < 4.78 is 0. The molecule has 0 aliphatic carbocycles. The van der Waals surface area contributed by atoms with E-state index in [2.05, 4.69) is 24.6 Å². The first-order valence-electron chi connectivity index (χ1n) is 5.39.